The molecule has 0 bridgehead atoms. The molecule has 3 aromatic carbocycles. The molecule has 0 aliphatic heterocycles. The third-order valence-electron chi connectivity index (χ3n) is 3.51. The fourth-order valence-electron chi connectivity index (χ4n) is 2.61. The zero-order valence-electron chi connectivity index (χ0n) is 11.7. The minimum Gasteiger partial charge on any atom is -0.490 e. The number of ether oxygens (including phenoxy) is 1. The molecule has 0 saturated heterocycles. The number of carbonyl (C=O) groups is 1. The lowest BCUT2D eigenvalue weighted by atomic mass is 9.96. The van der Waals surface area contributed by atoms with E-state index in [-0.39, 0.29) is 6.61 Å². The van der Waals surface area contributed by atoms with Crippen LogP contribution in [0, 0.1) is 0 Å². The fourth-order valence-corrected chi connectivity index (χ4v) is 2.61. The van der Waals surface area contributed by atoms with E-state index in [1.807, 2.05) is 48.5 Å². The predicted molar refractivity (Wildman–Crippen MR) is 84.0 cm³/mol. The van der Waals surface area contributed by atoms with E-state index in [9.17, 15) is 9.90 Å². The van der Waals surface area contributed by atoms with Crippen molar-refractivity contribution in [3.63, 3.8) is 0 Å². The summed E-state index contributed by atoms with van der Waals surface area (Å²) < 4.78 is 5.83. The molecule has 0 heterocycles. The Labute approximate surface area is 122 Å². The molecule has 1 N–H and O–H groups in total. The molecule has 0 spiro atoms. The van der Waals surface area contributed by atoms with E-state index in [2.05, 4.69) is 0 Å². The van der Waals surface area contributed by atoms with Gasteiger partial charge in [0, 0.05) is 16.3 Å². The summed E-state index contributed by atoms with van der Waals surface area (Å²) in [6.45, 7) is 1.90. The van der Waals surface area contributed by atoms with E-state index < -0.39 is 6.10 Å². The summed E-state index contributed by atoms with van der Waals surface area (Å²) in [6, 6.07) is 15.4. The van der Waals surface area contributed by atoms with E-state index in [1.54, 1.807) is 6.92 Å². The fraction of sp³-hybridized carbons (Fsp3) is 0.167. The van der Waals surface area contributed by atoms with Crippen molar-refractivity contribution in [3.8, 4) is 5.75 Å². The van der Waals surface area contributed by atoms with Crippen molar-refractivity contribution in [1.82, 2.24) is 0 Å². The van der Waals surface area contributed by atoms with Gasteiger partial charge < -0.3 is 9.84 Å². The molecule has 3 aromatic rings. The average molecular weight is 280 g/mol. The number of hydrogen-bond donors (Lipinski definition) is 1. The van der Waals surface area contributed by atoms with E-state index in [4.69, 9.17) is 4.74 Å². The van der Waals surface area contributed by atoms with Crippen LogP contribution in [-0.2, 0) is 0 Å². The zero-order valence-corrected chi connectivity index (χ0v) is 11.7. The molecule has 0 radical (unpaired) electrons. The molecule has 21 heavy (non-hydrogen) atoms. The molecule has 0 aliphatic rings. The first kappa shape index (κ1) is 13.6. The quantitative estimate of drug-likeness (QED) is 0.587. The summed E-state index contributed by atoms with van der Waals surface area (Å²) in [5.74, 6) is 0.715. The minimum absolute atomic E-state index is 0.217. The zero-order chi connectivity index (χ0) is 14.8. The van der Waals surface area contributed by atoms with Gasteiger partial charge in [0.25, 0.3) is 0 Å². The number of aliphatic hydroxyl groups excluding tert-OH is 1. The van der Waals surface area contributed by atoms with Crippen LogP contribution in [0.3, 0.4) is 0 Å². The Morgan fingerprint density at radius 1 is 1.00 bits per heavy atom. The summed E-state index contributed by atoms with van der Waals surface area (Å²) >= 11 is 0. The van der Waals surface area contributed by atoms with Gasteiger partial charge in [-0.3, -0.25) is 4.79 Å². The number of fused-ring (bicyclic) bond motifs is 2. The predicted octanol–water partition coefficient (Wildman–Crippen LogP) is 3.57. The van der Waals surface area contributed by atoms with Crippen LogP contribution in [0.25, 0.3) is 21.5 Å². The normalized spacial score (nSPS) is 12.5. The molecule has 3 nitrogen and oxygen atoms in total. The first-order valence-corrected chi connectivity index (χ1v) is 6.92. The highest BCUT2D eigenvalue weighted by atomic mass is 16.5. The second-order valence-corrected chi connectivity index (χ2v) is 5.11. The maximum Gasteiger partial charge on any atom is 0.151 e. The van der Waals surface area contributed by atoms with Gasteiger partial charge >= 0.3 is 0 Å². The van der Waals surface area contributed by atoms with E-state index in [0.29, 0.717) is 11.3 Å². The number of aldehydes is 1. The van der Waals surface area contributed by atoms with Crippen LogP contribution >= 0.6 is 0 Å². The van der Waals surface area contributed by atoms with Crippen molar-refractivity contribution in [2.24, 2.45) is 0 Å². The van der Waals surface area contributed by atoms with Gasteiger partial charge in [-0.15, -0.1) is 0 Å². The Morgan fingerprint density at radius 2 is 1.48 bits per heavy atom. The number of aliphatic hydroxyl groups is 1. The highest BCUT2D eigenvalue weighted by molar-refractivity contribution is 6.16. The third kappa shape index (κ3) is 2.36. The summed E-state index contributed by atoms with van der Waals surface area (Å²) in [4.78, 5) is 11.5. The van der Waals surface area contributed by atoms with E-state index >= 15 is 0 Å². The Kier molecular flexibility index (Phi) is 3.59. The number of carbonyl (C=O) groups excluding carboxylic acids is 1. The largest absolute Gasteiger partial charge is 0.490 e. The van der Waals surface area contributed by atoms with Gasteiger partial charge in [-0.2, -0.15) is 0 Å². The molecule has 0 fully saturated rings. The lowest BCUT2D eigenvalue weighted by Crippen LogP contribution is -2.13. The molecule has 3 rings (SSSR count). The van der Waals surface area contributed by atoms with Gasteiger partial charge in [-0.25, -0.2) is 0 Å². The van der Waals surface area contributed by atoms with Gasteiger partial charge in [-0.1, -0.05) is 48.5 Å². The standard InChI is InChI=1S/C18H16O3/c1-12(20)11-21-18-15-8-4-2-6-13(15)17(10-19)14-7-3-5-9-16(14)18/h2-10,12,20H,11H2,1H3. The molecule has 3 heteroatoms. The Hall–Kier alpha value is -2.39. The highest BCUT2D eigenvalue weighted by Gasteiger charge is 2.14. The molecule has 0 aromatic heterocycles. The number of hydrogen-bond acceptors (Lipinski definition) is 3. The topological polar surface area (TPSA) is 46.5 Å². The van der Waals surface area contributed by atoms with E-state index in [0.717, 1.165) is 27.8 Å². The number of benzene rings is 3. The second-order valence-electron chi connectivity index (χ2n) is 5.11. The maximum atomic E-state index is 11.5. The Balaban J connectivity index is 2.38. The van der Waals surface area contributed by atoms with Crippen LogP contribution < -0.4 is 4.74 Å². The summed E-state index contributed by atoms with van der Waals surface area (Å²) in [5.41, 5.74) is 0.672. The molecule has 0 saturated carbocycles. The minimum atomic E-state index is -0.548. The van der Waals surface area contributed by atoms with Crippen molar-refractivity contribution in [1.29, 1.82) is 0 Å². The van der Waals surface area contributed by atoms with Crippen LogP contribution in [0.1, 0.15) is 17.3 Å². The van der Waals surface area contributed by atoms with Crippen LogP contribution in [0.5, 0.6) is 5.75 Å². The molecule has 0 aliphatic carbocycles. The highest BCUT2D eigenvalue weighted by Crippen LogP contribution is 2.37. The lowest BCUT2D eigenvalue weighted by Gasteiger charge is -2.16. The average Bonchev–Trinajstić information content (AvgIpc) is 2.51. The maximum absolute atomic E-state index is 11.5. The van der Waals surface area contributed by atoms with Crippen LogP contribution in [0.15, 0.2) is 48.5 Å². The summed E-state index contributed by atoms with van der Waals surface area (Å²) in [5, 5.41) is 13.0. The Morgan fingerprint density at radius 3 is 1.90 bits per heavy atom. The molecule has 106 valence electrons. The molecular weight excluding hydrogens is 264 g/mol. The van der Waals surface area contributed by atoms with E-state index in [1.165, 1.54) is 0 Å². The second kappa shape index (κ2) is 5.54. The van der Waals surface area contributed by atoms with Crippen molar-refractivity contribution in [2.75, 3.05) is 6.61 Å². The smallest absolute Gasteiger partial charge is 0.151 e. The van der Waals surface area contributed by atoms with Gasteiger partial charge in [-0.05, 0) is 17.7 Å². The summed E-state index contributed by atoms with van der Waals surface area (Å²) in [6.07, 6.45) is 0.344. The van der Waals surface area contributed by atoms with Crippen molar-refractivity contribution < 1.29 is 14.6 Å². The Bertz CT molecular complexity index is 749. The molecule has 1 atom stereocenters. The van der Waals surface area contributed by atoms with Crippen LogP contribution in [0.2, 0.25) is 0 Å². The molecular formula is C18H16O3. The van der Waals surface area contributed by atoms with Crippen molar-refractivity contribution in [3.05, 3.63) is 54.1 Å². The van der Waals surface area contributed by atoms with Gasteiger partial charge in [0.2, 0.25) is 0 Å². The van der Waals surface area contributed by atoms with Crippen molar-refractivity contribution in [2.45, 2.75) is 13.0 Å². The molecule has 1 unspecified atom stereocenters. The monoisotopic (exact) mass is 280 g/mol. The van der Waals surface area contributed by atoms with Crippen LogP contribution in [0.4, 0.5) is 0 Å². The van der Waals surface area contributed by atoms with Crippen LogP contribution in [-0.4, -0.2) is 24.1 Å². The van der Waals surface area contributed by atoms with Gasteiger partial charge in [0.1, 0.15) is 12.4 Å². The lowest BCUT2D eigenvalue weighted by molar-refractivity contribution is 0.112. The van der Waals surface area contributed by atoms with Crippen molar-refractivity contribution >= 4 is 27.8 Å². The SMILES string of the molecule is CC(O)COc1c2ccccc2c(C=O)c2ccccc12. The van der Waals surface area contributed by atoms with Gasteiger partial charge in [0.15, 0.2) is 6.29 Å². The summed E-state index contributed by atoms with van der Waals surface area (Å²) in [7, 11) is 0. The first-order chi connectivity index (χ1) is 10.2. The third-order valence-corrected chi connectivity index (χ3v) is 3.51. The van der Waals surface area contributed by atoms with Gasteiger partial charge in [0.05, 0.1) is 6.10 Å². The first-order valence-electron chi connectivity index (χ1n) is 6.92. The molecule has 0 amide bonds. The number of rotatable bonds is 4.